The number of carbonyl (C=O) groups excluding carboxylic acids is 2. The van der Waals surface area contributed by atoms with Gasteiger partial charge in [0.1, 0.15) is 0 Å². The summed E-state index contributed by atoms with van der Waals surface area (Å²) in [6.07, 6.45) is 3.53. The van der Waals surface area contributed by atoms with Crippen LogP contribution >= 0.6 is 0 Å². The molecule has 0 saturated carbocycles. The van der Waals surface area contributed by atoms with E-state index in [1.807, 2.05) is 18.7 Å². The summed E-state index contributed by atoms with van der Waals surface area (Å²) in [5.74, 6) is 0.353. The quantitative estimate of drug-likeness (QED) is 0.779. The van der Waals surface area contributed by atoms with E-state index in [9.17, 15) is 9.59 Å². The van der Waals surface area contributed by atoms with Crippen molar-refractivity contribution in [3.8, 4) is 0 Å². The molecule has 19 heavy (non-hydrogen) atoms. The number of amides is 2. The lowest BCUT2D eigenvalue weighted by Crippen LogP contribution is -2.45. The Kier molecular flexibility index (Phi) is 6.67. The maximum absolute atomic E-state index is 11.9. The number of ether oxygens (including phenoxy) is 1. The van der Waals surface area contributed by atoms with Gasteiger partial charge in [0.25, 0.3) is 0 Å². The summed E-state index contributed by atoms with van der Waals surface area (Å²) in [4.78, 5) is 25.1. The van der Waals surface area contributed by atoms with Crippen LogP contribution in [-0.2, 0) is 9.53 Å². The Morgan fingerprint density at radius 1 is 1.42 bits per heavy atom. The number of urea groups is 1. The average Bonchev–Trinajstić information content (AvgIpc) is 2.37. The molecule has 5 nitrogen and oxygen atoms in total. The topological polar surface area (TPSA) is 58.6 Å². The van der Waals surface area contributed by atoms with Crippen molar-refractivity contribution in [3.05, 3.63) is 0 Å². The Balaban J connectivity index is 2.22. The van der Waals surface area contributed by atoms with Crippen LogP contribution in [0.4, 0.5) is 4.79 Å². The minimum atomic E-state index is -0.264. The van der Waals surface area contributed by atoms with Gasteiger partial charge in [-0.05, 0) is 32.6 Å². The van der Waals surface area contributed by atoms with E-state index < -0.39 is 0 Å². The van der Waals surface area contributed by atoms with Gasteiger partial charge in [0.2, 0.25) is 0 Å². The third kappa shape index (κ3) is 5.94. The Labute approximate surface area is 115 Å². The van der Waals surface area contributed by atoms with Crippen LogP contribution in [0.3, 0.4) is 0 Å². The zero-order chi connectivity index (χ0) is 14.3. The number of rotatable bonds is 5. The molecule has 1 saturated heterocycles. The van der Waals surface area contributed by atoms with Crippen molar-refractivity contribution in [2.45, 2.75) is 52.6 Å². The molecular formula is C14H26N2O3. The second-order valence-electron chi connectivity index (χ2n) is 5.38. The average molecular weight is 270 g/mol. The van der Waals surface area contributed by atoms with E-state index in [0.717, 1.165) is 25.9 Å². The molecule has 1 heterocycles. The Morgan fingerprint density at radius 3 is 2.79 bits per heavy atom. The third-order valence-electron chi connectivity index (χ3n) is 3.36. The first-order chi connectivity index (χ1) is 9.02. The van der Waals surface area contributed by atoms with Crippen LogP contribution < -0.4 is 5.32 Å². The Hall–Kier alpha value is -1.26. The lowest BCUT2D eigenvalue weighted by Gasteiger charge is -2.32. The molecule has 0 aromatic heterocycles. The van der Waals surface area contributed by atoms with Gasteiger partial charge in [-0.1, -0.05) is 13.3 Å². The maximum Gasteiger partial charge on any atom is 0.317 e. The zero-order valence-corrected chi connectivity index (χ0v) is 12.3. The van der Waals surface area contributed by atoms with Crippen molar-refractivity contribution >= 4 is 12.0 Å². The zero-order valence-electron chi connectivity index (χ0n) is 12.3. The first kappa shape index (κ1) is 15.8. The first-order valence-corrected chi connectivity index (χ1v) is 7.25. The van der Waals surface area contributed by atoms with Crippen LogP contribution in [-0.4, -0.2) is 42.6 Å². The van der Waals surface area contributed by atoms with Crippen molar-refractivity contribution in [2.24, 2.45) is 5.92 Å². The summed E-state index contributed by atoms with van der Waals surface area (Å²) in [6.45, 7) is 7.79. The van der Waals surface area contributed by atoms with E-state index in [1.165, 1.54) is 6.42 Å². The van der Waals surface area contributed by atoms with Gasteiger partial charge in [-0.2, -0.15) is 0 Å². The van der Waals surface area contributed by atoms with E-state index in [4.69, 9.17) is 4.74 Å². The number of hydrogen-bond donors (Lipinski definition) is 1. The van der Waals surface area contributed by atoms with Crippen molar-refractivity contribution in [1.29, 1.82) is 0 Å². The first-order valence-electron chi connectivity index (χ1n) is 7.25. The standard InChI is InChI=1S/C14H26N2O3/c1-4-12-6-5-9-16(10-12)14(18)15-8-7-13(17)19-11(2)3/h11-12H,4-10H2,1-3H3,(H,15,18). The molecule has 1 N–H and O–H groups in total. The van der Waals surface area contributed by atoms with Crippen molar-refractivity contribution in [3.63, 3.8) is 0 Å². The van der Waals surface area contributed by atoms with Gasteiger partial charge in [-0.3, -0.25) is 4.79 Å². The van der Waals surface area contributed by atoms with Gasteiger partial charge in [0, 0.05) is 19.6 Å². The minimum Gasteiger partial charge on any atom is -0.463 e. The smallest absolute Gasteiger partial charge is 0.317 e. The molecule has 1 atom stereocenters. The van der Waals surface area contributed by atoms with Crippen LogP contribution in [0, 0.1) is 5.92 Å². The highest BCUT2D eigenvalue weighted by Gasteiger charge is 2.22. The van der Waals surface area contributed by atoms with Crippen LogP contribution in [0.1, 0.15) is 46.5 Å². The van der Waals surface area contributed by atoms with Crippen molar-refractivity contribution < 1.29 is 14.3 Å². The molecular weight excluding hydrogens is 244 g/mol. The summed E-state index contributed by atoms with van der Waals surface area (Å²) in [7, 11) is 0. The van der Waals surface area contributed by atoms with E-state index >= 15 is 0 Å². The molecule has 1 fully saturated rings. The van der Waals surface area contributed by atoms with Crippen LogP contribution in [0.5, 0.6) is 0 Å². The molecule has 0 aromatic rings. The summed E-state index contributed by atoms with van der Waals surface area (Å²) in [5.41, 5.74) is 0. The Bertz CT molecular complexity index is 305. The molecule has 0 aliphatic carbocycles. The second-order valence-corrected chi connectivity index (χ2v) is 5.38. The van der Waals surface area contributed by atoms with Gasteiger partial charge >= 0.3 is 12.0 Å². The monoisotopic (exact) mass is 270 g/mol. The lowest BCUT2D eigenvalue weighted by molar-refractivity contribution is -0.147. The number of hydrogen-bond acceptors (Lipinski definition) is 3. The summed E-state index contributed by atoms with van der Waals surface area (Å²) in [5, 5.41) is 2.79. The molecule has 110 valence electrons. The Morgan fingerprint density at radius 2 is 2.16 bits per heavy atom. The fraction of sp³-hybridized carbons (Fsp3) is 0.857. The third-order valence-corrected chi connectivity index (χ3v) is 3.36. The number of piperidine rings is 1. The normalized spacial score (nSPS) is 19.4. The highest BCUT2D eigenvalue weighted by molar-refractivity contribution is 5.75. The predicted molar refractivity (Wildman–Crippen MR) is 73.8 cm³/mol. The summed E-state index contributed by atoms with van der Waals surface area (Å²) >= 11 is 0. The fourth-order valence-electron chi connectivity index (χ4n) is 2.29. The summed E-state index contributed by atoms with van der Waals surface area (Å²) < 4.78 is 5.01. The van der Waals surface area contributed by atoms with Gasteiger partial charge < -0.3 is 15.0 Å². The maximum atomic E-state index is 11.9. The minimum absolute atomic E-state index is 0.0597. The van der Waals surface area contributed by atoms with Crippen LogP contribution in [0.2, 0.25) is 0 Å². The fourth-order valence-corrected chi connectivity index (χ4v) is 2.29. The molecule has 0 bridgehead atoms. The van der Waals surface area contributed by atoms with Gasteiger partial charge in [0.05, 0.1) is 12.5 Å². The number of esters is 1. The van der Waals surface area contributed by atoms with E-state index in [-0.39, 0.29) is 24.5 Å². The molecule has 1 rings (SSSR count). The summed E-state index contributed by atoms with van der Waals surface area (Å²) in [6, 6.07) is -0.0597. The molecule has 0 spiro atoms. The molecule has 1 aliphatic rings. The number of likely N-dealkylation sites (tertiary alicyclic amines) is 1. The van der Waals surface area contributed by atoms with Crippen molar-refractivity contribution in [2.75, 3.05) is 19.6 Å². The number of nitrogens with one attached hydrogen (secondary N) is 1. The van der Waals surface area contributed by atoms with Crippen molar-refractivity contribution in [1.82, 2.24) is 10.2 Å². The largest absolute Gasteiger partial charge is 0.463 e. The number of nitrogens with zero attached hydrogens (tertiary/aromatic N) is 1. The van der Waals surface area contributed by atoms with E-state index in [1.54, 1.807) is 0 Å². The van der Waals surface area contributed by atoms with Crippen LogP contribution in [0.15, 0.2) is 0 Å². The highest BCUT2D eigenvalue weighted by Crippen LogP contribution is 2.18. The van der Waals surface area contributed by atoms with E-state index in [0.29, 0.717) is 12.5 Å². The van der Waals surface area contributed by atoms with Gasteiger partial charge in [0.15, 0.2) is 0 Å². The SMILES string of the molecule is CCC1CCCN(C(=O)NCCC(=O)OC(C)C)C1. The highest BCUT2D eigenvalue weighted by atomic mass is 16.5. The molecule has 0 aromatic carbocycles. The molecule has 0 radical (unpaired) electrons. The van der Waals surface area contributed by atoms with Gasteiger partial charge in [-0.15, -0.1) is 0 Å². The van der Waals surface area contributed by atoms with E-state index in [2.05, 4.69) is 12.2 Å². The van der Waals surface area contributed by atoms with Crippen LogP contribution in [0.25, 0.3) is 0 Å². The van der Waals surface area contributed by atoms with Gasteiger partial charge in [-0.25, -0.2) is 4.79 Å². The second kappa shape index (κ2) is 8.02. The molecule has 1 unspecified atom stereocenters. The molecule has 1 aliphatic heterocycles. The lowest BCUT2D eigenvalue weighted by atomic mass is 9.96. The molecule has 2 amide bonds. The molecule has 5 heteroatoms. The predicted octanol–water partition coefficient (Wildman–Crippen LogP) is 2.16. The number of carbonyl (C=O) groups is 2.